The number of aromatic nitrogens is 1. The topological polar surface area (TPSA) is 198 Å². The van der Waals surface area contributed by atoms with Crippen molar-refractivity contribution >= 4 is 44.7 Å². The van der Waals surface area contributed by atoms with Crippen LogP contribution in [0.2, 0.25) is 0 Å². The third-order valence-electron chi connectivity index (χ3n) is 12.6. The van der Waals surface area contributed by atoms with Gasteiger partial charge in [-0.3, -0.25) is 19.1 Å². The van der Waals surface area contributed by atoms with Gasteiger partial charge in [0.25, 0.3) is 17.7 Å². The molecule has 2 aliphatic carbocycles. The first-order valence-corrected chi connectivity index (χ1v) is 22.4. The smallest absolute Gasteiger partial charge is 0.497 e. The average Bonchev–Trinajstić information content (AvgIpc) is 4.08. The van der Waals surface area contributed by atoms with Crippen molar-refractivity contribution in [1.29, 1.82) is 0 Å². The summed E-state index contributed by atoms with van der Waals surface area (Å²) < 4.78 is 90.2. The maximum atomic E-state index is 14.9. The number of amides is 3. The summed E-state index contributed by atoms with van der Waals surface area (Å²) in [5.74, 6) is -6.12. The Labute approximate surface area is 360 Å². The minimum absolute atomic E-state index is 0.0348. The maximum Gasteiger partial charge on any atom is 0.509 e. The number of ether oxygens (including phenoxy) is 6. The number of fused-ring (bicyclic) bond motifs is 3. The lowest BCUT2D eigenvalue weighted by atomic mass is 9.89. The van der Waals surface area contributed by atoms with Crippen molar-refractivity contribution in [3.63, 3.8) is 0 Å². The zero-order valence-electron chi connectivity index (χ0n) is 36.5. The van der Waals surface area contributed by atoms with Crippen LogP contribution in [0.4, 0.5) is 13.6 Å². The summed E-state index contributed by atoms with van der Waals surface area (Å²) in [5.41, 5.74) is -3.94. The number of nitrogens with one attached hydrogen (secondary N) is 2. The molecule has 2 aromatic rings. The van der Waals surface area contributed by atoms with Crippen molar-refractivity contribution in [2.75, 3.05) is 34.0 Å². The molecular formula is C43H58F2N4O12S. The highest BCUT2D eigenvalue weighted by molar-refractivity contribution is 7.91. The van der Waals surface area contributed by atoms with Gasteiger partial charge in [-0.1, -0.05) is 26.0 Å². The van der Waals surface area contributed by atoms with Crippen molar-refractivity contribution in [3.8, 4) is 17.4 Å². The molecule has 6 rings (SSSR count). The fourth-order valence-electron chi connectivity index (χ4n) is 7.86. The van der Waals surface area contributed by atoms with E-state index < -0.39 is 85.8 Å². The van der Waals surface area contributed by atoms with Gasteiger partial charge in [-0.15, -0.1) is 0 Å². The number of hydrogen-bond donors (Lipinski definition) is 2. The van der Waals surface area contributed by atoms with Gasteiger partial charge < -0.3 is 38.6 Å². The van der Waals surface area contributed by atoms with E-state index in [4.69, 9.17) is 28.4 Å². The SMILES string of the molecule is COCCOc1cnc(O[C@@H]2C[C@H]3C(=O)N[C@]4(C(=O)NS(=O)(=O)C5(C)CC5)CC4/C=C\CC[C@@H](C)C[C@@H](C)[C@H](OC(=O)OC(C)(C)C(C)(F)F)C(=O)N3C2)c2ccc(OC)cc12. The Morgan fingerprint density at radius 2 is 1.79 bits per heavy atom. The number of carbonyl (C=O) groups excluding carboxylic acids is 4. The monoisotopic (exact) mass is 892 g/mol. The van der Waals surface area contributed by atoms with E-state index in [2.05, 4.69) is 15.0 Å². The number of sulfonamides is 1. The van der Waals surface area contributed by atoms with E-state index in [1.165, 1.54) is 18.2 Å². The van der Waals surface area contributed by atoms with Gasteiger partial charge in [0, 0.05) is 43.1 Å². The minimum atomic E-state index is -4.08. The zero-order chi connectivity index (χ0) is 45.4. The summed E-state index contributed by atoms with van der Waals surface area (Å²) in [5, 5.41) is 3.94. The molecule has 1 aromatic carbocycles. The molecule has 1 aromatic heterocycles. The van der Waals surface area contributed by atoms with Crippen molar-refractivity contribution in [2.24, 2.45) is 17.8 Å². The number of benzene rings is 1. The van der Waals surface area contributed by atoms with Crippen molar-refractivity contribution in [3.05, 3.63) is 36.5 Å². The van der Waals surface area contributed by atoms with Gasteiger partial charge in [0.1, 0.15) is 35.8 Å². The van der Waals surface area contributed by atoms with Crippen LogP contribution in [0.25, 0.3) is 10.8 Å². The highest BCUT2D eigenvalue weighted by Crippen LogP contribution is 2.48. The molecule has 342 valence electrons. The second-order valence-corrected chi connectivity index (χ2v) is 20.1. The Bertz CT molecular complexity index is 2180. The standard InChI is InChI=1S/C43H58F2N4O12S/c1-25-11-9-10-12-27-22-43(27,38(52)48-62(54,55)41(5)15-16-41)47-35(50)32-21-29(59-36-30-14-13-28(57-8)20-31(30)33(23-46-36)58-18-17-56-7)24-49(32)37(51)34(26(2)19-25)60-39(53)61-40(3,4)42(6,44)45/h10,12-14,20,23,25-27,29,32,34H,9,11,15-19,21-22,24H2,1-8H3,(H,47,50)(H,48,52)/b12-10-/t25-,26-,27?,29-,32+,34+,43-/m1/s1. The Hall–Kier alpha value is -4.78. The van der Waals surface area contributed by atoms with Crippen LogP contribution in [0.3, 0.4) is 0 Å². The molecule has 16 nitrogen and oxygen atoms in total. The molecule has 3 fully saturated rings. The van der Waals surface area contributed by atoms with E-state index in [0.717, 1.165) is 13.8 Å². The fraction of sp³-hybridized carbons (Fsp3) is 0.651. The van der Waals surface area contributed by atoms with Crippen molar-refractivity contribution in [2.45, 2.75) is 127 Å². The molecule has 7 atom stereocenters. The molecule has 3 heterocycles. The average molecular weight is 893 g/mol. The largest absolute Gasteiger partial charge is 0.509 e. The number of pyridine rings is 1. The van der Waals surface area contributed by atoms with E-state index in [1.54, 1.807) is 45.2 Å². The number of methoxy groups -OCH3 is 2. The van der Waals surface area contributed by atoms with Crippen LogP contribution in [0.15, 0.2) is 36.5 Å². The van der Waals surface area contributed by atoms with Crippen molar-refractivity contribution < 1.29 is 64.8 Å². The molecule has 4 aliphatic rings. The number of nitrogens with zero attached hydrogens (tertiary/aromatic N) is 2. The zero-order valence-corrected chi connectivity index (χ0v) is 37.3. The molecule has 19 heteroatoms. The Balaban J connectivity index is 1.36. The second-order valence-electron chi connectivity index (χ2n) is 17.9. The maximum absolute atomic E-state index is 14.9. The van der Waals surface area contributed by atoms with Gasteiger partial charge in [0.2, 0.25) is 21.8 Å². The van der Waals surface area contributed by atoms with Crippen LogP contribution < -0.4 is 24.2 Å². The summed E-state index contributed by atoms with van der Waals surface area (Å²) in [6.07, 6.45) is 3.43. The highest BCUT2D eigenvalue weighted by Gasteiger charge is 2.63. The molecule has 2 N–H and O–H groups in total. The first-order valence-electron chi connectivity index (χ1n) is 20.9. The number of alkyl halides is 2. The Kier molecular flexibility index (Phi) is 13.4. The summed E-state index contributed by atoms with van der Waals surface area (Å²) in [6.45, 7) is 8.15. The molecule has 2 saturated carbocycles. The summed E-state index contributed by atoms with van der Waals surface area (Å²) in [7, 11) is -1.02. The lowest BCUT2D eigenvalue weighted by molar-refractivity contribution is -0.172. The van der Waals surface area contributed by atoms with Crippen LogP contribution in [0.5, 0.6) is 17.4 Å². The van der Waals surface area contributed by atoms with Crippen LogP contribution in [0.1, 0.15) is 86.5 Å². The van der Waals surface area contributed by atoms with Gasteiger partial charge in [0.05, 0.1) is 31.2 Å². The van der Waals surface area contributed by atoms with E-state index >= 15 is 0 Å². The molecule has 2 aliphatic heterocycles. The molecule has 1 saturated heterocycles. The third-order valence-corrected chi connectivity index (χ3v) is 14.8. The van der Waals surface area contributed by atoms with Crippen LogP contribution in [-0.2, 0) is 38.6 Å². The molecule has 62 heavy (non-hydrogen) atoms. The number of halogens is 2. The van der Waals surface area contributed by atoms with E-state index in [9.17, 15) is 36.4 Å². The fourth-order valence-corrected chi connectivity index (χ4v) is 9.17. The molecule has 0 bridgehead atoms. The predicted octanol–water partition coefficient (Wildman–Crippen LogP) is 5.46. The first kappa shape index (κ1) is 46.7. The Morgan fingerprint density at radius 3 is 2.45 bits per heavy atom. The van der Waals surface area contributed by atoms with E-state index in [1.807, 2.05) is 13.0 Å². The van der Waals surface area contributed by atoms with Gasteiger partial charge in [-0.05, 0) is 83.4 Å². The molecule has 3 amide bonds. The molecule has 1 unspecified atom stereocenters. The summed E-state index contributed by atoms with van der Waals surface area (Å²) >= 11 is 0. The number of carbonyl (C=O) groups is 4. The van der Waals surface area contributed by atoms with Gasteiger partial charge in [0.15, 0.2) is 11.7 Å². The molecular weight excluding hydrogens is 835 g/mol. The lowest BCUT2D eigenvalue weighted by Gasteiger charge is -2.34. The normalized spacial score (nSPS) is 28.3. The first-order chi connectivity index (χ1) is 29.0. The Morgan fingerprint density at radius 1 is 1.06 bits per heavy atom. The highest BCUT2D eigenvalue weighted by atomic mass is 32.2. The quantitative estimate of drug-likeness (QED) is 0.146. The third kappa shape index (κ3) is 9.87. The molecule has 0 radical (unpaired) electrons. The number of rotatable bonds is 13. The van der Waals surface area contributed by atoms with Crippen LogP contribution in [0, 0.1) is 17.8 Å². The minimum Gasteiger partial charge on any atom is -0.497 e. The lowest BCUT2D eigenvalue weighted by Crippen LogP contribution is -2.58. The number of allylic oxidation sites excluding steroid dienone is 1. The van der Waals surface area contributed by atoms with Gasteiger partial charge in [-0.25, -0.2) is 27.0 Å². The summed E-state index contributed by atoms with van der Waals surface area (Å²) in [4.78, 5) is 62.5. The molecule has 0 spiro atoms. The van der Waals surface area contributed by atoms with Gasteiger partial charge >= 0.3 is 6.16 Å². The second kappa shape index (κ2) is 17.8. The number of hydrogen-bond acceptors (Lipinski definition) is 13. The van der Waals surface area contributed by atoms with Crippen LogP contribution >= 0.6 is 0 Å². The predicted molar refractivity (Wildman–Crippen MR) is 221 cm³/mol. The van der Waals surface area contributed by atoms with Gasteiger partial charge in [-0.2, -0.15) is 0 Å². The van der Waals surface area contributed by atoms with E-state index in [0.29, 0.717) is 67.9 Å². The van der Waals surface area contributed by atoms with Crippen molar-refractivity contribution in [1.82, 2.24) is 19.9 Å². The summed E-state index contributed by atoms with van der Waals surface area (Å²) in [6, 6.07) is 3.84. The van der Waals surface area contributed by atoms with E-state index in [-0.39, 0.29) is 37.8 Å². The van der Waals surface area contributed by atoms with Crippen LogP contribution in [-0.4, -0.2) is 116 Å².